The van der Waals surface area contributed by atoms with E-state index in [0.29, 0.717) is 6.54 Å². The van der Waals surface area contributed by atoms with E-state index in [0.717, 1.165) is 24.2 Å². The smallest absolute Gasteiger partial charge is 0.247 e. The number of ether oxygens (including phenoxy) is 2. The Hall–Kier alpha value is -2.11. The maximum Gasteiger partial charge on any atom is 0.247 e. The predicted octanol–water partition coefficient (Wildman–Crippen LogP) is 1.92. The SMILES string of the molecule is COc1ccc(CN2CC(C(N)=O)O[C@H](C)C2)c2ccccc12. The highest BCUT2D eigenvalue weighted by Crippen LogP contribution is 2.29. The molecule has 2 aromatic carbocycles. The summed E-state index contributed by atoms with van der Waals surface area (Å²) in [5.74, 6) is 0.468. The number of nitrogens with two attached hydrogens (primary N) is 1. The highest BCUT2D eigenvalue weighted by Gasteiger charge is 2.29. The van der Waals surface area contributed by atoms with Crippen LogP contribution in [0, 0.1) is 0 Å². The van der Waals surface area contributed by atoms with Crippen molar-refractivity contribution in [1.82, 2.24) is 4.90 Å². The normalized spacial score (nSPS) is 22.2. The quantitative estimate of drug-likeness (QED) is 0.936. The molecule has 5 nitrogen and oxygen atoms in total. The molecule has 2 aromatic rings. The molecular weight excluding hydrogens is 292 g/mol. The van der Waals surface area contributed by atoms with Crippen molar-refractivity contribution >= 4 is 16.7 Å². The van der Waals surface area contributed by atoms with Crippen LogP contribution in [0.4, 0.5) is 0 Å². The first kappa shape index (κ1) is 15.8. The number of rotatable bonds is 4. The summed E-state index contributed by atoms with van der Waals surface area (Å²) >= 11 is 0. The van der Waals surface area contributed by atoms with Crippen LogP contribution in [0.1, 0.15) is 12.5 Å². The number of hydrogen-bond donors (Lipinski definition) is 1. The number of amides is 1. The summed E-state index contributed by atoms with van der Waals surface area (Å²) in [5, 5.41) is 2.27. The fraction of sp³-hybridized carbons (Fsp3) is 0.389. The van der Waals surface area contributed by atoms with Gasteiger partial charge in [-0.2, -0.15) is 0 Å². The van der Waals surface area contributed by atoms with E-state index in [1.165, 1.54) is 10.9 Å². The average molecular weight is 314 g/mol. The van der Waals surface area contributed by atoms with Gasteiger partial charge in [0, 0.05) is 25.0 Å². The summed E-state index contributed by atoms with van der Waals surface area (Å²) in [7, 11) is 1.68. The third-order valence-corrected chi connectivity index (χ3v) is 4.24. The Balaban J connectivity index is 1.88. The predicted molar refractivity (Wildman–Crippen MR) is 89.3 cm³/mol. The maximum absolute atomic E-state index is 11.4. The van der Waals surface area contributed by atoms with E-state index in [2.05, 4.69) is 23.1 Å². The third-order valence-electron chi connectivity index (χ3n) is 4.24. The molecule has 1 fully saturated rings. The van der Waals surface area contributed by atoms with Crippen molar-refractivity contribution in [2.75, 3.05) is 20.2 Å². The first-order valence-corrected chi connectivity index (χ1v) is 7.80. The lowest BCUT2D eigenvalue weighted by atomic mass is 10.0. The summed E-state index contributed by atoms with van der Waals surface area (Å²) in [6.45, 7) is 4.03. The molecular formula is C18H22N2O3. The van der Waals surface area contributed by atoms with Crippen LogP contribution >= 0.6 is 0 Å². The molecule has 0 saturated carbocycles. The van der Waals surface area contributed by atoms with E-state index in [-0.39, 0.29) is 6.10 Å². The minimum Gasteiger partial charge on any atom is -0.496 e. The van der Waals surface area contributed by atoms with Gasteiger partial charge in [0.05, 0.1) is 13.2 Å². The molecule has 1 heterocycles. The van der Waals surface area contributed by atoms with E-state index in [1.807, 2.05) is 25.1 Å². The van der Waals surface area contributed by atoms with Gasteiger partial charge in [-0.15, -0.1) is 0 Å². The van der Waals surface area contributed by atoms with Gasteiger partial charge in [0.2, 0.25) is 5.91 Å². The summed E-state index contributed by atoms with van der Waals surface area (Å²) in [6.07, 6.45) is -0.547. The number of fused-ring (bicyclic) bond motifs is 1. The van der Waals surface area contributed by atoms with Crippen molar-refractivity contribution in [1.29, 1.82) is 0 Å². The summed E-state index contributed by atoms with van der Waals surface area (Å²) < 4.78 is 11.0. The van der Waals surface area contributed by atoms with E-state index < -0.39 is 12.0 Å². The number of methoxy groups -OCH3 is 1. The molecule has 0 radical (unpaired) electrons. The lowest BCUT2D eigenvalue weighted by Crippen LogP contribution is -2.51. The zero-order chi connectivity index (χ0) is 16.4. The first-order chi connectivity index (χ1) is 11.1. The molecule has 0 spiro atoms. The van der Waals surface area contributed by atoms with Crippen LogP contribution in [0.15, 0.2) is 36.4 Å². The Labute approximate surface area is 136 Å². The van der Waals surface area contributed by atoms with Crippen molar-refractivity contribution in [3.63, 3.8) is 0 Å². The number of carbonyl (C=O) groups is 1. The van der Waals surface area contributed by atoms with Crippen molar-refractivity contribution in [3.8, 4) is 5.75 Å². The number of primary amides is 1. The lowest BCUT2D eigenvalue weighted by Gasteiger charge is -2.35. The van der Waals surface area contributed by atoms with Crippen LogP contribution in [0.25, 0.3) is 10.8 Å². The standard InChI is InChI=1S/C18H22N2O3/c1-12-9-20(11-17(23-12)18(19)21)10-13-7-8-16(22-2)15-6-4-3-5-14(13)15/h3-8,12,17H,9-11H2,1-2H3,(H2,19,21)/t12-,17?/m1/s1. The maximum atomic E-state index is 11.4. The second kappa shape index (κ2) is 6.56. The Morgan fingerprint density at radius 3 is 2.70 bits per heavy atom. The minimum absolute atomic E-state index is 0.00855. The highest BCUT2D eigenvalue weighted by molar-refractivity contribution is 5.91. The van der Waals surface area contributed by atoms with Gasteiger partial charge in [-0.1, -0.05) is 30.3 Å². The Bertz CT molecular complexity index is 716. The molecule has 5 heteroatoms. The van der Waals surface area contributed by atoms with Crippen molar-refractivity contribution in [2.45, 2.75) is 25.7 Å². The zero-order valence-electron chi connectivity index (χ0n) is 13.5. The van der Waals surface area contributed by atoms with Gasteiger partial charge < -0.3 is 15.2 Å². The number of benzene rings is 2. The topological polar surface area (TPSA) is 64.8 Å². The highest BCUT2D eigenvalue weighted by atomic mass is 16.5. The molecule has 1 aliphatic heterocycles. The molecule has 2 atom stereocenters. The molecule has 1 saturated heterocycles. The molecule has 0 aromatic heterocycles. The van der Waals surface area contributed by atoms with E-state index >= 15 is 0 Å². The fourth-order valence-electron chi connectivity index (χ4n) is 3.22. The molecule has 23 heavy (non-hydrogen) atoms. The largest absolute Gasteiger partial charge is 0.496 e. The van der Waals surface area contributed by atoms with Crippen LogP contribution in [0.5, 0.6) is 5.75 Å². The molecule has 3 rings (SSSR count). The van der Waals surface area contributed by atoms with Gasteiger partial charge in [-0.3, -0.25) is 9.69 Å². The molecule has 0 aliphatic carbocycles. The summed E-state index contributed by atoms with van der Waals surface area (Å²) in [6, 6.07) is 12.3. The number of hydrogen-bond acceptors (Lipinski definition) is 4. The van der Waals surface area contributed by atoms with Crippen molar-refractivity contribution in [3.05, 3.63) is 42.0 Å². The Morgan fingerprint density at radius 2 is 2.00 bits per heavy atom. The summed E-state index contributed by atoms with van der Waals surface area (Å²) in [4.78, 5) is 13.7. The van der Waals surface area contributed by atoms with E-state index in [4.69, 9.17) is 15.2 Å². The molecule has 1 amide bonds. The van der Waals surface area contributed by atoms with Crippen LogP contribution < -0.4 is 10.5 Å². The molecule has 2 N–H and O–H groups in total. The van der Waals surface area contributed by atoms with E-state index in [1.54, 1.807) is 7.11 Å². The van der Waals surface area contributed by atoms with Crippen LogP contribution in [-0.4, -0.2) is 43.2 Å². The number of nitrogens with zero attached hydrogens (tertiary/aromatic N) is 1. The molecule has 122 valence electrons. The van der Waals surface area contributed by atoms with Gasteiger partial charge in [0.15, 0.2) is 0 Å². The fourth-order valence-corrected chi connectivity index (χ4v) is 3.22. The minimum atomic E-state index is -0.539. The molecule has 1 unspecified atom stereocenters. The lowest BCUT2D eigenvalue weighted by molar-refractivity contribution is -0.142. The average Bonchev–Trinajstić information content (AvgIpc) is 2.54. The second-order valence-electron chi connectivity index (χ2n) is 6.00. The van der Waals surface area contributed by atoms with E-state index in [9.17, 15) is 4.79 Å². The van der Waals surface area contributed by atoms with Crippen molar-refractivity contribution in [2.24, 2.45) is 5.73 Å². The van der Waals surface area contributed by atoms with Gasteiger partial charge in [-0.25, -0.2) is 0 Å². The van der Waals surface area contributed by atoms with Gasteiger partial charge in [0.1, 0.15) is 11.9 Å². The molecule has 1 aliphatic rings. The molecule has 0 bridgehead atoms. The number of morpholine rings is 1. The third kappa shape index (κ3) is 3.30. The zero-order valence-corrected chi connectivity index (χ0v) is 13.5. The van der Waals surface area contributed by atoms with Gasteiger partial charge >= 0.3 is 0 Å². The monoisotopic (exact) mass is 314 g/mol. The van der Waals surface area contributed by atoms with Crippen LogP contribution in [-0.2, 0) is 16.1 Å². The van der Waals surface area contributed by atoms with Crippen LogP contribution in [0.3, 0.4) is 0 Å². The summed E-state index contributed by atoms with van der Waals surface area (Å²) in [5.41, 5.74) is 6.61. The van der Waals surface area contributed by atoms with Gasteiger partial charge in [-0.05, 0) is 23.9 Å². The van der Waals surface area contributed by atoms with Crippen molar-refractivity contribution < 1.29 is 14.3 Å². The van der Waals surface area contributed by atoms with Crippen LogP contribution in [0.2, 0.25) is 0 Å². The first-order valence-electron chi connectivity index (χ1n) is 7.80. The number of carbonyl (C=O) groups excluding carboxylic acids is 1. The second-order valence-corrected chi connectivity index (χ2v) is 6.00. The Kier molecular flexibility index (Phi) is 4.50. The Morgan fingerprint density at radius 1 is 1.26 bits per heavy atom. The van der Waals surface area contributed by atoms with Gasteiger partial charge in [0.25, 0.3) is 0 Å².